The van der Waals surface area contributed by atoms with Crippen LogP contribution < -0.4 is 0 Å². The molecule has 2 aliphatic rings. The highest BCUT2D eigenvalue weighted by Crippen LogP contribution is 2.50. The lowest BCUT2D eigenvalue weighted by atomic mass is 9.93. The molecule has 0 bridgehead atoms. The predicted molar refractivity (Wildman–Crippen MR) is 105 cm³/mol. The Morgan fingerprint density at radius 1 is 1.14 bits per heavy atom. The van der Waals surface area contributed by atoms with Crippen molar-refractivity contribution in [2.75, 3.05) is 13.1 Å². The zero-order chi connectivity index (χ0) is 19.9. The third-order valence-corrected chi connectivity index (χ3v) is 6.02. The number of carbonyl (C=O) groups is 2. The second-order valence-electron chi connectivity index (χ2n) is 8.01. The van der Waals surface area contributed by atoms with E-state index in [-0.39, 0.29) is 17.6 Å². The first kappa shape index (κ1) is 18.7. The summed E-state index contributed by atoms with van der Waals surface area (Å²) in [6.07, 6.45) is 1.50. The van der Waals surface area contributed by atoms with Crippen molar-refractivity contribution < 1.29 is 14.0 Å². The van der Waals surface area contributed by atoms with E-state index in [0.29, 0.717) is 19.6 Å². The number of halogens is 1. The maximum absolute atomic E-state index is 13.3. The number of hydrogen-bond acceptors (Lipinski definition) is 2. The molecule has 1 aliphatic heterocycles. The van der Waals surface area contributed by atoms with Gasteiger partial charge in [-0.15, -0.1) is 0 Å². The molecule has 1 saturated heterocycles. The number of rotatable bonds is 4. The molecule has 146 valence electrons. The minimum Gasteiger partial charge on any atom is -0.335 e. The van der Waals surface area contributed by atoms with E-state index in [1.807, 2.05) is 36.9 Å². The van der Waals surface area contributed by atoms with E-state index in [1.165, 1.54) is 17.7 Å². The van der Waals surface area contributed by atoms with Crippen LogP contribution in [0.25, 0.3) is 0 Å². The quantitative estimate of drug-likeness (QED) is 0.815. The molecule has 5 heteroatoms. The van der Waals surface area contributed by atoms with Crippen LogP contribution in [0.2, 0.25) is 0 Å². The summed E-state index contributed by atoms with van der Waals surface area (Å²) in [5.74, 6) is -0.327. The molecule has 1 heterocycles. The molecular formula is C23H25FN2O2. The van der Waals surface area contributed by atoms with E-state index in [9.17, 15) is 14.0 Å². The molecule has 0 radical (unpaired) electrons. The number of nitrogens with zero attached hydrogens (tertiary/aromatic N) is 2. The Labute approximate surface area is 164 Å². The van der Waals surface area contributed by atoms with Crippen LogP contribution in [-0.4, -0.2) is 40.7 Å². The molecule has 1 saturated carbocycles. The summed E-state index contributed by atoms with van der Waals surface area (Å²) < 4.78 is 13.3. The Hall–Kier alpha value is -2.69. The van der Waals surface area contributed by atoms with Crippen molar-refractivity contribution in [3.8, 4) is 0 Å². The standard InChI is InChI=1S/C23H25FN2O2/c1-16-4-3-5-18(14-16)15-25-12-13-26(17(2)21(25)27)22(28)23(10-11-23)19-6-8-20(24)9-7-19/h3-9,14,17H,10-13,15H2,1-2H3/t17-/m1/s1. The second kappa shape index (κ2) is 7.04. The molecule has 2 fully saturated rings. The van der Waals surface area contributed by atoms with Gasteiger partial charge in [0.1, 0.15) is 11.9 Å². The average Bonchev–Trinajstić information content (AvgIpc) is 3.48. The van der Waals surface area contributed by atoms with Crippen LogP contribution >= 0.6 is 0 Å². The van der Waals surface area contributed by atoms with Crippen molar-refractivity contribution in [1.29, 1.82) is 0 Å². The van der Waals surface area contributed by atoms with Gasteiger partial charge in [-0.05, 0) is 49.9 Å². The molecule has 4 rings (SSSR count). The highest BCUT2D eigenvalue weighted by atomic mass is 19.1. The number of hydrogen-bond donors (Lipinski definition) is 0. The molecular weight excluding hydrogens is 355 g/mol. The SMILES string of the molecule is Cc1cccc(CN2CCN(C(=O)C3(c4ccc(F)cc4)CC3)[C@H](C)C2=O)c1. The molecule has 4 nitrogen and oxygen atoms in total. The minimum absolute atomic E-state index is 0.00448. The lowest BCUT2D eigenvalue weighted by Crippen LogP contribution is -2.59. The number of amides is 2. The van der Waals surface area contributed by atoms with E-state index >= 15 is 0 Å². The summed E-state index contributed by atoms with van der Waals surface area (Å²) in [7, 11) is 0. The van der Waals surface area contributed by atoms with E-state index < -0.39 is 11.5 Å². The van der Waals surface area contributed by atoms with Crippen molar-refractivity contribution in [3.63, 3.8) is 0 Å². The zero-order valence-corrected chi connectivity index (χ0v) is 16.3. The first-order valence-electron chi connectivity index (χ1n) is 9.82. The highest BCUT2D eigenvalue weighted by molar-refractivity contribution is 5.95. The van der Waals surface area contributed by atoms with Gasteiger partial charge in [0.2, 0.25) is 11.8 Å². The molecule has 0 unspecified atom stereocenters. The Morgan fingerprint density at radius 2 is 1.86 bits per heavy atom. The lowest BCUT2D eigenvalue weighted by Gasteiger charge is -2.41. The topological polar surface area (TPSA) is 40.6 Å². The normalized spacial score (nSPS) is 21.0. The first-order valence-corrected chi connectivity index (χ1v) is 9.82. The molecule has 1 atom stereocenters. The van der Waals surface area contributed by atoms with E-state index in [1.54, 1.807) is 17.0 Å². The Morgan fingerprint density at radius 3 is 2.50 bits per heavy atom. The summed E-state index contributed by atoms with van der Waals surface area (Å²) in [6, 6.07) is 13.9. The molecule has 2 aromatic carbocycles. The van der Waals surface area contributed by atoms with Crippen molar-refractivity contribution >= 4 is 11.8 Å². The first-order chi connectivity index (χ1) is 13.4. The third kappa shape index (κ3) is 3.30. The van der Waals surface area contributed by atoms with Crippen molar-refractivity contribution in [1.82, 2.24) is 9.80 Å². The van der Waals surface area contributed by atoms with Crippen molar-refractivity contribution in [3.05, 3.63) is 71.0 Å². The Bertz CT molecular complexity index is 905. The maximum Gasteiger partial charge on any atom is 0.245 e. The predicted octanol–water partition coefficient (Wildman–Crippen LogP) is 3.43. The van der Waals surface area contributed by atoms with Crippen LogP contribution in [0.15, 0.2) is 48.5 Å². The molecule has 0 spiro atoms. The van der Waals surface area contributed by atoms with Crippen LogP contribution in [0.4, 0.5) is 4.39 Å². The summed E-state index contributed by atoms with van der Waals surface area (Å²) in [5, 5.41) is 0. The molecule has 28 heavy (non-hydrogen) atoms. The minimum atomic E-state index is -0.582. The summed E-state index contributed by atoms with van der Waals surface area (Å²) in [4.78, 5) is 29.8. The smallest absolute Gasteiger partial charge is 0.245 e. The van der Waals surface area contributed by atoms with Crippen LogP contribution in [0.3, 0.4) is 0 Å². The number of aryl methyl sites for hydroxylation is 1. The van der Waals surface area contributed by atoms with Gasteiger partial charge in [-0.2, -0.15) is 0 Å². The van der Waals surface area contributed by atoms with E-state index in [4.69, 9.17) is 0 Å². The van der Waals surface area contributed by atoms with E-state index in [2.05, 4.69) is 6.07 Å². The van der Waals surface area contributed by atoms with Gasteiger partial charge in [-0.25, -0.2) is 4.39 Å². The van der Waals surface area contributed by atoms with Crippen LogP contribution in [0.1, 0.15) is 36.5 Å². The van der Waals surface area contributed by atoms with Crippen LogP contribution in [0, 0.1) is 12.7 Å². The third-order valence-electron chi connectivity index (χ3n) is 6.02. The number of carbonyl (C=O) groups excluding carboxylic acids is 2. The molecule has 0 N–H and O–H groups in total. The van der Waals surface area contributed by atoms with Gasteiger partial charge >= 0.3 is 0 Å². The Kier molecular flexibility index (Phi) is 4.69. The van der Waals surface area contributed by atoms with E-state index in [0.717, 1.165) is 24.0 Å². The van der Waals surface area contributed by atoms with Crippen LogP contribution in [-0.2, 0) is 21.5 Å². The zero-order valence-electron chi connectivity index (χ0n) is 16.3. The second-order valence-corrected chi connectivity index (χ2v) is 8.01. The molecule has 2 amide bonds. The fourth-order valence-corrected chi connectivity index (χ4v) is 4.19. The van der Waals surface area contributed by atoms with Gasteiger partial charge in [-0.1, -0.05) is 42.0 Å². The molecule has 0 aromatic heterocycles. The Balaban J connectivity index is 1.48. The van der Waals surface area contributed by atoms with Gasteiger partial charge in [0, 0.05) is 19.6 Å². The summed E-state index contributed by atoms with van der Waals surface area (Å²) >= 11 is 0. The van der Waals surface area contributed by atoms with Crippen molar-refractivity contribution in [2.45, 2.75) is 44.7 Å². The van der Waals surface area contributed by atoms with Gasteiger partial charge in [-0.3, -0.25) is 9.59 Å². The number of piperazine rings is 1. The fourth-order valence-electron chi connectivity index (χ4n) is 4.19. The maximum atomic E-state index is 13.3. The fraction of sp³-hybridized carbons (Fsp3) is 0.391. The lowest BCUT2D eigenvalue weighted by molar-refractivity contribution is -0.152. The van der Waals surface area contributed by atoms with Gasteiger partial charge in [0.25, 0.3) is 0 Å². The van der Waals surface area contributed by atoms with Gasteiger partial charge in [0.15, 0.2) is 0 Å². The monoisotopic (exact) mass is 380 g/mol. The van der Waals surface area contributed by atoms with Crippen molar-refractivity contribution in [2.24, 2.45) is 0 Å². The highest BCUT2D eigenvalue weighted by Gasteiger charge is 2.54. The summed E-state index contributed by atoms with van der Waals surface area (Å²) in [5.41, 5.74) is 2.54. The average molecular weight is 380 g/mol. The molecule has 2 aromatic rings. The number of benzene rings is 2. The largest absolute Gasteiger partial charge is 0.335 e. The van der Waals surface area contributed by atoms with Crippen LogP contribution in [0.5, 0.6) is 0 Å². The van der Waals surface area contributed by atoms with Gasteiger partial charge < -0.3 is 9.80 Å². The summed E-state index contributed by atoms with van der Waals surface area (Å²) in [6.45, 7) is 5.47. The van der Waals surface area contributed by atoms with Gasteiger partial charge in [0.05, 0.1) is 5.41 Å². The molecule has 1 aliphatic carbocycles.